The Morgan fingerprint density at radius 3 is 2.53 bits per heavy atom. The summed E-state index contributed by atoms with van der Waals surface area (Å²) < 4.78 is 34.0. The van der Waals surface area contributed by atoms with Gasteiger partial charge in [-0.25, -0.2) is 8.42 Å². The zero-order valence-corrected chi connectivity index (χ0v) is 13.6. The summed E-state index contributed by atoms with van der Waals surface area (Å²) in [5, 5.41) is 0.629. The Labute approximate surface area is 123 Å². The number of ether oxygens (including phenoxy) is 2. The van der Waals surface area contributed by atoms with E-state index in [1.807, 2.05) is 25.1 Å². The van der Waals surface area contributed by atoms with Crippen LogP contribution in [0.4, 0.5) is 0 Å². The largest absolute Gasteiger partial charge is 0.490 e. The van der Waals surface area contributed by atoms with Crippen LogP contribution in [0.25, 0.3) is 0 Å². The average Bonchev–Trinajstić information content (AvgIpc) is 2.40. The minimum Gasteiger partial charge on any atom is -0.490 e. The highest BCUT2D eigenvalue weighted by Gasteiger charge is 2.12. The van der Waals surface area contributed by atoms with E-state index in [9.17, 15) is 8.42 Å². The van der Waals surface area contributed by atoms with E-state index in [2.05, 4.69) is 15.9 Å². The van der Waals surface area contributed by atoms with Crippen LogP contribution >= 0.6 is 15.9 Å². The molecule has 0 saturated heterocycles. The Morgan fingerprint density at radius 2 is 1.95 bits per heavy atom. The van der Waals surface area contributed by atoms with Crippen LogP contribution in [0.2, 0.25) is 0 Å². The lowest BCUT2D eigenvalue weighted by atomic mass is 10.2. The first-order valence-electron chi connectivity index (χ1n) is 6.18. The van der Waals surface area contributed by atoms with Crippen molar-refractivity contribution < 1.29 is 17.9 Å². The van der Waals surface area contributed by atoms with Gasteiger partial charge in [-0.2, -0.15) is 0 Å². The van der Waals surface area contributed by atoms with Gasteiger partial charge in [0.25, 0.3) is 0 Å². The summed E-state index contributed by atoms with van der Waals surface area (Å²) >= 11 is 3.38. The van der Waals surface area contributed by atoms with Crippen molar-refractivity contribution >= 4 is 25.8 Å². The van der Waals surface area contributed by atoms with Gasteiger partial charge in [0.05, 0.1) is 12.4 Å². The summed E-state index contributed by atoms with van der Waals surface area (Å²) in [6.07, 6.45) is 0. The Bertz CT molecular complexity index is 499. The first-order valence-corrected chi connectivity index (χ1v) is 9.12. The molecule has 0 spiro atoms. The van der Waals surface area contributed by atoms with Crippen molar-refractivity contribution in [3.63, 3.8) is 0 Å². The maximum atomic E-state index is 11.4. The summed E-state index contributed by atoms with van der Waals surface area (Å²) in [6.45, 7) is 4.20. The fourth-order valence-corrected chi connectivity index (χ4v) is 2.58. The molecule has 108 valence electrons. The summed E-state index contributed by atoms with van der Waals surface area (Å²) in [5.74, 6) is 1.42. The molecule has 0 N–H and O–H groups in total. The smallest absolute Gasteiger partial charge is 0.165 e. The van der Waals surface area contributed by atoms with E-state index >= 15 is 0 Å². The molecule has 0 saturated carbocycles. The maximum Gasteiger partial charge on any atom is 0.165 e. The summed E-state index contributed by atoms with van der Waals surface area (Å²) in [6, 6.07) is 5.62. The molecule has 0 aliphatic heterocycles. The second kappa shape index (κ2) is 7.75. The molecule has 0 unspecified atom stereocenters. The fraction of sp³-hybridized carbons (Fsp3) is 0.538. The topological polar surface area (TPSA) is 52.6 Å². The van der Waals surface area contributed by atoms with E-state index in [1.54, 1.807) is 6.92 Å². The highest BCUT2D eigenvalue weighted by atomic mass is 79.9. The lowest BCUT2D eigenvalue weighted by Gasteiger charge is -2.14. The predicted octanol–water partition coefficient (Wildman–Crippen LogP) is 2.79. The Hall–Kier alpha value is -0.750. The lowest BCUT2D eigenvalue weighted by molar-refractivity contribution is 0.286. The standard InChI is InChI=1S/C13H19BrO4S/c1-3-17-12-7-5-6-11(10-14)13(12)18-8-9-19(15,16)4-2/h5-7H,3-4,8-10H2,1-2H3. The number of benzene rings is 1. The molecule has 1 aromatic rings. The third kappa shape index (κ3) is 5.03. The zero-order chi connectivity index (χ0) is 14.3. The van der Waals surface area contributed by atoms with E-state index in [4.69, 9.17) is 9.47 Å². The second-order valence-electron chi connectivity index (χ2n) is 3.90. The second-order valence-corrected chi connectivity index (χ2v) is 6.93. The third-order valence-corrected chi connectivity index (χ3v) is 4.86. The molecule has 0 aliphatic carbocycles. The van der Waals surface area contributed by atoms with Gasteiger partial charge in [-0.1, -0.05) is 35.0 Å². The highest BCUT2D eigenvalue weighted by Crippen LogP contribution is 2.32. The van der Waals surface area contributed by atoms with Crippen LogP contribution in [0.1, 0.15) is 19.4 Å². The quantitative estimate of drug-likeness (QED) is 0.676. The van der Waals surface area contributed by atoms with E-state index in [0.29, 0.717) is 23.4 Å². The molecule has 0 aromatic heterocycles. The van der Waals surface area contributed by atoms with Crippen molar-refractivity contribution in [2.45, 2.75) is 19.2 Å². The molecule has 6 heteroatoms. The molecule has 1 rings (SSSR count). The number of sulfone groups is 1. The Balaban J connectivity index is 2.80. The van der Waals surface area contributed by atoms with E-state index < -0.39 is 9.84 Å². The van der Waals surface area contributed by atoms with Crippen molar-refractivity contribution in [3.8, 4) is 11.5 Å². The number of rotatable bonds is 8. The van der Waals surface area contributed by atoms with Crippen molar-refractivity contribution in [2.24, 2.45) is 0 Å². The Kier molecular flexibility index (Phi) is 6.65. The van der Waals surface area contributed by atoms with Crippen molar-refractivity contribution in [2.75, 3.05) is 24.7 Å². The molecule has 19 heavy (non-hydrogen) atoms. The Morgan fingerprint density at radius 1 is 1.21 bits per heavy atom. The number of halogens is 1. The average molecular weight is 351 g/mol. The van der Waals surface area contributed by atoms with Crippen LogP contribution in [0, 0.1) is 0 Å². The van der Waals surface area contributed by atoms with Gasteiger partial charge in [-0.3, -0.25) is 0 Å². The van der Waals surface area contributed by atoms with Crippen LogP contribution in [0.15, 0.2) is 18.2 Å². The third-order valence-electron chi connectivity index (χ3n) is 2.58. The van der Waals surface area contributed by atoms with Crippen molar-refractivity contribution in [1.82, 2.24) is 0 Å². The summed E-state index contributed by atoms with van der Waals surface area (Å²) in [4.78, 5) is 0. The molecule has 0 amide bonds. The zero-order valence-electron chi connectivity index (χ0n) is 11.2. The molecule has 0 heterocycles. The van der Waals surface area contributed by atoms with E-state index in [-0.39, 0.29) is 18.1 Å². The van der Waals surface area contributed by atoms with Crippen LogP contribution in [0.3, 0.4) is 0 Å². The van der Waals surface area contributed by atoms with Crippen molar-refractivity contribution in [3.05, 3.63) is 23.8 Å². The van der Waals surface area contributed by atoms with Gasteiger partial charge in [0.15, 0.2) is 21.3 Å². The van der Waals surface area contributed by atoms with Crippen LogP contribution < -0.4 is 9.47 Å². The fourth-order valence-electron chi connectivity index (χ4n) is 1.51. The minimum absolute atomic E-state index is 0.0195. The number of hydrogen-bond acceptors (Lipinski definition) is 4. The number of alkyl halides is 1. The van der Waals surface area contributed by atoms with Crippen LogP contribution in [-0.4, -0.2) is 33.1 Å². The van der Waals surface area contributed by atoms with Gasteiger partial charge in [-0.15, -0.1) is 0 Å². The van der Waals surface area contributed by atoms with Gasteiger partial charge in [-0.05, 0) is 13.0 Å². The number of para-hydroxylation sites is 1. The molecule has 0 radical (unpaired) electrons. The van der Waals surface area contributed by atoms with Crippen LogP contribution in [-0.2, 0) is 15.2 Å². The van der Waals surface area contributed by atoms with Gasteiger partial charge in [0, 0.05) is 16.6 Å². The highest BCUT2D eigenvalue weighted by molar-refractivity contribution is 9.08. The minimum atomic E-state index is -3.01. The van der Waals surface area contributed by atoms with Gasteiger partial charge in [0.1, 0.15) is 6.61 Å². The van der Waals surface area contributed by atoms with Crippen LogP contribution in [0.5, 0.6) is 11.5 Å². The number of hydrogen-bond donors (Lipinski definition) is 0. The van der Waals surface area contributed by atoms with Gasteiger partial charge < -0.3 is 9.47 Å². The lowest BCUT2D eigenvalue weighted by Crippen LogP contribution is -2.16. The SMILES string of the molecule is CCOc1cccc(CBr)c1OCCS(=O)(=O)CC. The predicted molar refractivity (Wildman–Crippen MR) is 80.1 cm³/mol. The molecule has 0 bridgehead atoms. The first-order chi connectivity index (χ1) is 9.04. The molecule has 0 atom stereocenters. The molecule has 0 fully saturated rings. The monoisotopic (exact) mass is 350 g/mol. The van der Waals surface area contributed by atoms with Gasteiger partial charge in [0.2, 0.25) is 0 Å². The van der Waals surface area contributed by atoms with E-state index in [1.165, 1.54) is 0 Å². The van der Waals surface area contributed by atoms with E-state index in [0.717, 1.165) is 5.56 Å². The normalized spacial score (nSPS) is 11.3. The maximum absolute atomic E-state index is 11.4. The molecule has 0 aliphatic rings. The van der Waals surface area contributed by atoms with Crippen molar-refractivity contribution in [1.29, 1.82) is 0 Å². The molecular weight excluding hydrogens is 332 g/mol. The first kappa shape index (κ1) is 16.3. The summed E-state index contributed by atoms with van der Waals surface area (Å²) in [5.41, 5.74) is 0.944. The summed E-state index contributed by atoms with van der Waals surface area (Å²) in [7, 11) is -3.01. The molecular formula is C13H19BrO4S. The van der Waals surface area contributed by atoms with Gasteiger partial charge >= 0.3 is 0 Å². The molecule has 4 nitrogen and oxygen atoms in total. The molecule has 1 aromatic carbocycles.